The van der Waals surface area contributed by atoms with Crippen LogP contribution >= 0.6 is 23.4 Å². The van der Waals surface area contributed by atoms with E-state index in [2.05, 4.69) is 46.8 Å². The van der Waals surface area contributed by atoms with Gasteiger partial charge in [-0.05, 0) is 51.7 Å². The van der Waals surface area contributed by atoms with E-state index in [1.807, 2.05) is 30.3 Å². The summed E-state index contributed by atoms with van der Waals surface area (Å²) in [5, 5.41) is 15.9. The average Bonchev–Trinajstić information content (AvgIpc) is 3.13. The molecule has 0 aliphatic rings. The van der Waals surface area contributed by atoms with Gasteiger partial charge in [0.1, 0.15) is 0 Å². The van der Waals surface area contributed by atoms with Crippen molar-refractivity contribution >= 4 is 29.3 Å². The zero-order chi connectivity index (χ0) is 19.2. The molecule has 0 aliphatic heterocycles. The Bertz CT molecular complexity index is 910. The third kappa shape index (κ3) is 5.30. The van der Waals surface area contributed by atoms with Crippen LogP contribution in [0.2, 0.25) is 5.02 Å². The van der Waals surface area contributed by atoms with Gasteiger partial charge in [-0.25, -0.2) is 0 Å². The van der Waals surface area contributed by atoms with E-state index in [1.165, 1.54) is 17.3 Å². The Balaban J connectivity index is 1.57. The molecular weight excluding hydrogens is 382 g/mol. The van der Waals surface area contributed by atoms with Gasteiger partial charge in [-0.15, -0.1) is 5.10 Å². The van der Waals surface area contributed by atoms with Crippen molar-refractivity contribution in [1.29, 1.82) is 0 Å². The Kier molecular flexibility index (Phi) is 6.47. The molecule has 0 bridgehead atoms. The minimum absolute atomic E-state index is 0.0929. The maximum atomic E-state index is 12.1. The molecule has 1 N–H and O–H groups in total. The molecule has 0 saturated carbocycles. The summed E-state index contributed by atoms with van der Waals surface area (Å²) in [7, 11) is 0. The van der Waals surface area contributed by atoms with Crippen molar-refractivity contribution < 1.29 is 4.79 Å². The normalized spacial score (nSPS) is 11.0. The van der Waals surface area contributed by atoms with Gasteiger partial charge in [0.2, 0.25) is 11.1 Å². The number of halogens is 1. The van der Waals surface area contributed by atoms with Crippen LogP contribution in [0.1, 0.15) is 30.9 Å². The van der Waals surface area contributed by atoms with Crippen molar-refractivity contribution in [3.63, 3.8) is 0 Å². The first kappa shape index (κ1) is 19.4. The topological polar surface area (TPSA) is 72.7 Å². The summed E-state index contributed by atoms with van der Waals surface area (Å²) in [5.41, 5.74) is 3.07. The number of nitrogens with zero attached hydrogens (tertiary/aromatic N) is 4. The molecule has 0 saturated heterocycles. The van der Waals surface area contributed by atoms with Crippen LogP contribution in [-0.4, -0.2) is 31.9 Å². The molecule has 6 nitrogen and oxygen atoms in total. The second kappa shape index (κ2) is 9.01. The molecule has 140 valence electrons. The van der Waals surface area contributed by atoms with E-state index in [-0.39, 0.29) is 11.7 Å². The number of hydrogen-bond acceptors (Lipinski definition) is 5. The van der Waals surface area contributed by atoms with Crippen LogP contribution in [0.15, 0.2) is 53.7 Å². The van der Waals surface area contributed by atoms with Crippen LogP contribution in [0.25, 0.3) is 5.69 Å². The molecule has 3 aromatic rings. The van der Waals surface area contributed by atoms with Crippen LogP contribution in [-0.2, 0) is 11.3 Å². The van der Waals surface area contributed by atoms with E-state index >= 15 is 0 Å². The monoisotopic (exact) mass is 401 g/mol. The standard InChI is InChI=1S/C19H20ClN5OS/c1-13(2)15-6-8-17(9-7-15)25-19(22-23-24-25)27-12-18(26)21-11-14-4-3-5-16(20)10-14/h3-10,13H,11-12H2,1-2H3,(H,21,26). The van der Waals surface area contributed by atoms with Gasteiger partial charge in [0.05, 0.1) is 11.4 Å². The first-order chi connectivity index (χ1) is 13.0. The van der Waals surface area contributed by atoms with Crippen molar-refractivity contribution in [2.75, 3.05) is 5.75 Å². The quantitative estimate of drug-likeness (QED) is 0.609. The van der Waals surface area contributed by atoms with E-state index < -0.39 is 0 Å². The zero-order valence-electron chi connectivity index (χ0n) is 15.1. The molecular formula is C19H20ClN5OS. The van der Waals surface area contributed by atoms with Gasteiger partial charge < -0.3 is 5.32 Å². The van der Waals surface area contributed by atoms with Crippen molar-refractivity contribution in [3.05, 3.63) is 64.7 Å². The second-order valence-electron chi connectivity index (χ2n) is 6.31. The fourth-order valence-electron chi connectivity index (χ4n) is 2.46. The van der Waals surface area contributed by atoms with Crippen molar-refractivity contribution in [2.45, 2.75) is 31.5 Å². The predicted octanol–water partition coefficient (Wildman–Crippen LogP) is 3.85. The highest BCUT2D eigenvalue weighted by atomic mass is 35.5. The molecule has 1 amide bonds. The van der Waals surface area contributed by atoms with Crippen molar-refractivity contribution in [1.82, 2.24) is 25.5 Å². The molecule has 0 unspecified atom stereocenters. The van der Waals surface area contributed by atoms with Gasteiger partial charge in [-0.2, -0.15) is 4.68 Å². The van der Waals surface area contributed by atoms with Crippen molar-refractivity contribution in [3.8, 4) is 5.69 Å². The molecule has 8 heteroatoms. The molecule has 27 heavy (non-hydrogen) atoms. The van der Waals surface area contributed by atoms with Crippen LogP contribution < -0.4 is 5.32 Å². The number of carbonyl (C=O) groups is 1. The highest BCUT2D eigenvalue weighted by Crippen LogP contribution is 2.20. The number of aromatic nitrogens is 4. The molecule has 3 rings (SSSR count). The number of benzene rings is 2. The lowest BCUT2D eigenvalue weighted by atomic mass is 10.0. The first-order valence-corrected chi connectivity index (χ1v) is 9.92. The average molecular weight is 402 g/mol. The van der Waals surface area contributed by atoms with E-state index in [9.17, 15) is 4.79 Å². The first-order valence-electron chi connectivity index (χ1n) is 8.55. The number of tetrazole rings is 1. The van der Waals surface area contributed by atoms with E-state index in [0.717, 1.165) is 11.3 Å². The molecule has 0 radical (unpaired) electrons. The van der Waals surface area contributed by atoms with Crippen LogP contribution in [0.3, 0.4) is 0 Å². The molecule has 0 atom stereocenters. The third-order valence-corrected chi connectivity index (χ3v) is 5.11. The van der Waals surface area contributed by atoms with Gasteiger partial charge >= 0.3 is 0 Å². The minimum atomic E-state index is -0.0929. The highest BCUT2D eigenvalue weighted by molar-refractivity contribution is 7.99. The Morgan fingerprint density at radius 1 is 1.22 bits per heavy atom. The number of carbonyl (C=O) groups excluding carboxylic acids is 1. The summed E-state index contributed by atoms with van der Waals surface area (Å²) in [4.78, 5) is 12.1. The van der Waals surface area contributed by atoms with Gasteiger partial charge in [0.15, 0.2) is 0 Å². The largest absolute Gasteiger partial charge is 0.351 e. The Morgan fingerprint density at radius 3 is 2.70 bits per heavy atom. The fraction of sp³-hybridized carbons (Fsp3) is 0.263. The predicted molar refractivity (Wildman–Crippen MR) is 107 cm³/mol. The van der Waals surface area contributed by atoms with Crippen molar-refractivity contribution in [2.24, 2.45) is 0 Å². The minimum Gasteiger partial charge on any atom is -0.351 e. The Hall–Kier alpha value is -2.38. The maximum absolute atomic E-state index is 12.1. The summed E-state index contributed by atoms with van der Waals surface area (Å²) in [6.45, 7) is 4.73. The summed E-state index contributed by atoms with van der Waals surface area (Å²) in [6.07, 6.45) is 0. The third-order valence-electron chi connectivity index (χ3n) is 3.96. The number of thioether (sulfide) groups is 1. The lowest BCUT2D eigenvalue weighted by molar-refractivity contribution is -0.118. The van der Waals surface area contributed by atoms with Crippen LogP contribution in [0, 0.1) is 0 Å². The molecule has 0 spiro atoms. The Morgan fingerprint density at radius 2 is 2.00 bits per heavy atom. The van der Waals surface area contributed by atoms with Crippen LogP contribution in [0.4, 0.5) is 0 Å². The molecule has 1 aromatic heterocycles. The SMILES string of the molecule is CC(C)c1ccc(-n2nnnc2SCC(=O)NCc2cccc(Cl)c2)cc1. The smallest absolute Gasteiger partial charge is 0.230 e. The maximum Gasteiger partial charge on any atom is 0.230 e. The zero-order valence-corrected chi connectivity index (χ0v) is 16.7. The number of nitrogens with one attached hydrogen (secondary N) is 1. The number of hydrogen-bond donors (Lipinski definition) is 1. The molecule has 1 heterocycles. The summed E-state index contributed by atoms with van der Waals surface area (Å²) < 4.78 is 1.64. The molecule has 0 fully saturated rings. The molecule has 0 aliphatic carbocycles. The second-order valence-corrected chi connectivity index (χ2v) is 7.69. The summed E-state index contributed by atoms with van der Waals surface area (Å²) >= 11 is 7.24. The number of amides is 1. The van der Waals surface area contributed by atoms with Gasteiger partial charge in [0.25, 0.3) is 0 Å². The highest BCUT2D eigenvalue weighted by Gasteiger charge is 2.12. The number of rotatable bonds is 7. The summed E-state index contributed by atoms with van der Waals surface area (Å²) in [5.74, 6) is 0.597. The lowest BCUT2D eigenvalue weighted by Crippen LogP contribution is -2.24. The fourth-order valence-corrected chi connectivity index (χ4v) is 3.39. The lowest BCUT2D eigenvalue weighted by Gasteiger charge is -2.08. The van der Waals surface area contributed by atoms with Gasteiger partial charge in [-0.3, -0.25) is 4.79 Å². The Labute approximate surface area is 167 Å². The van der Waals surface area contributed by atoms with E-state index in [4.69, 9.17) is 11.6 Å². The summed E-state index contributed by atoms with van der Waals surface area (Å²) in [6, 6.07) is 15.5. The molecule has 2 aromatic carbocycles. The van der Waals surface area contributed by atoms with Crippen LogP contribution in [0.5, 0.6) is 0 Å². The van der Waals surface area contributed by atoms with Gasteiger partial charge in [-0.1, -0.05) is 61.5 Å². The van der Waals surface area contributed by atoms with E-state index in [1.54, 1.807) is 10.7 Å². The van der Waals surface area contributed by atoms with Gasteiger partial charge in [0, 0.05) is 11.6 Å². The van der Waals surface area contributed by atoms with E-state index in [0.29, 0.717) is 22.6 Å².